The average molecular weight is 480 g/mol. The van der Waals surface area contributed by atoms with Crippen molar-refractivity contribution >= 4 is 39.4 Å². The number of benzene rings is 2. The molecule has 0 spiro atoms. The maximum absolute atomic E-state index is 12.7. The molecule has 0 unspecified atom stereocenters. The van der Waals surface area contributed by atoms with Gasteiger partial charge in [-0.25, -0.2) is 9.97 Å². The number of carbonyl (C=O) groups is 2. The first kappa shape index (κ1) is 21.0. The summed E-state index contributed by atoms with van der Waals surface area (Å²) in [5.41, 5.74) is 2.17. The van der Waals surface area contributed by atoms with Crippen LogP contribution in [-0.4, -0.2) is 52.9 Å². The first-order chi connectivity index (χ1) is 15.1. The summed E-state index contributed by atoms with van der Waals surface area (Å²) in [5.74, 6) is 0.616. The lowest BCUT2D eigenvalue weighted by Crippen LogP contribution is -2.49. The molecule has 7 nitrogen and oxygen atoms in total. The van der Waals surface area contributed by atoms with Crippen molar-refractivity contribution in [2.24, 2.45) is 0 Å². The Morgan fingerprint density at radius 2 is 1.58 bits per heavy atom. The maximum Gasteiger partial charge on any atom is 0.256 e. The van der Waals surface area contributed by atoms with E-state index in [2.05, 4.69) is 36.1 Å². The second-order valence-corrected chi connectivity index (χ2v) is 8.08. The van der Waals surface area contributed by atoms with Gasteiger partial charge in [-0.05, 0) is 51.8 Å². The van der Waals surface area contributed by atoms with Crippen LogP contribution < -0.4 is 10.2 Å². The predicted octanol–water partition coefficient (Wildman–Crippen LogP) is 3.38. The van der Waals surface area contributed by atoms with Crippen molar-refractivity contribution in [3.05, 3.63) is 82.6 Å². The highest BCUT2D eigenvalue weighted by Gasteiger charge is 2.22. The fraction of sp³-hybridized carbons (Fsp3) is 0.217. The van der Waals surface area contributed by atoms with Crippen LogP contribution in [0.1, 0.15) is 15.9 Å². The molecule has 1 fully saturated rings. The molecular weight excluding hydrogens is 458 g/mol. The van der Waals surface area contributed by atoms with Gasteiger partial charge >= 0.3 is 0 Å². The highest BCUT2D eigenvalue weighted by Crippen LogP contribution is 2.19. The van der Waals surface area contributed by atoms with E-state index < -0.39 is 0 Å². The Kier molecular flexibility index (Phi) is 6.57. The van der Waals surface area contributed by atoms with E-state index in [1.165, 1.54) is 0 Å². The number of amides is 2. The van der Waals surface area contributed by atoms with Crippen LogP contribution in [0.2, 0.25) is 0 Å². The molecule has 0 atom stereocenters. The van der Waals surface area contributed by atoms with Gasteiger partial charge in [0.2, 0.25) is 11.9 Å². The Morgan fingerprint density at radius 3 is 2.26 bits per heavy atom. The molecule has 2 heterocycles. The molecular formula is C23H22BrN5O2. The van der Waals surface area contributed by atoms with Gasteiger partial charge in [-0.1, -0.05) is 24.3 Å². The molecule has 8 heteroatoms. The zero-order chi connectivity index (χ0) is 21.6. The monoisotopic (exact) mass is 479 g/mol. The first-order valence-corrected chi connectivity index (χ1v) is 10.8. The number of rotatable bonds is 5. The summed E-state index contributed by atoms with van der Waals surface area (Å²) in [7, 11) is 0. The Morgan fingerprint density at radius 1 is 0.903 bits per heavy atom. The zero-order valence-electron chi connectivity index (χ0n) is 16.9. The van der Waals surface area contributed by atoms with Gasteiger partial charge in [0.15, 0.2) is 0 Å². The van der Waals surface area contributed by atoms with Crippen LogP contribution in [0.5, 0.6) is 0 Å². The largest absolute Gasteiger partial charge is 0.339 e. The maximum atomic E-state index is 12.7. The molecule has 158 valence electrons. The molecule has 0 saturated carbocycles. The van der Waals surface area contributed by atoms with Gasteiger partial charge in [0.1, 0.15) is 0 Å². The summed E-state index contributed by atoms with van der Waals surface area (Å²) in [4.78, 5) is 37.6. The molecule has 1 saturated heterocycles. The van der Waals surface area contributed by atoms with Gasteiger partial charge in [0.05, 0.1) is 12.0 Å². The van der Waals surface area contributed by atoms with Crippen LogP contribution in [0.3, 0.4) is 0 Å². The van der Waals surface area contributed by atoms with E-state index in [1.807, 2.05) is 47.4 Å². The van der Waals surface area contributed by atoms with Crippen LogP contribution in [0.4, 0.5) is 11.6 Å². The number of hydrogen-bond donors (Lipinski definition) is 1. The predicted molar refractivity (Wildman–Crippen MR) is 123 cm³/mol. The zero-order valence-corrected chi connectivity index (χ0v) is 18.5. The number of halogens is 1. The van der Waals surface area contributed by atoms with Gasteiger partial charge in [0, 0.05) is 48.7 Å². The number of aromatic nitrogens is 2. The van der Waals surface area contributed by atoms with Crippen molar-refractivity contribution in [1.82, 2.24) is 14.9 Å². The van der Waals surface area contributed by atoms with E-state index in [0.717, 1.165) is 23.1 Å². The number of piperazine rings is 1. The fourth-order valence-electron chi connectivity index (χ4n) is 3.45. The highest BCUT2D eigenvalue weighted by atomic mass is 79.9. The molecule has 2 amide bonds. The van der Waals surface area contributed by atoms with Crippen LogP contribution in [0.15, 0.2) is 71.5 Å². The summed E-state index contributed by atoms with van der Waals surface area (Å²) in [6.07, 6.45) is 3.79. The SMILES string of the molecule is O=C(Nc1ccc(CC(=O)N2CCN(c3ncccn3)CC2)cc1)c1ccccc1Br. The lowest BCUT2D eigenvalue weighted by Gasteiger charge is -2.34. The molecule has 1 aromatic heterocycles. The van der Waals surface area contributed by atoms with Crippen molar-refractivity contribution in [3.8, 4) is 0 Å². The molecule has 3 aromatic rings. The van der Waals surface area contributed by atoms with Gasteiger partial charge in [-0.15, -0.1) is 0 Å². The van der Waals surface area contributed by atoms with Crippen LogP contribution in [-0.2, 0) is 11.2 Å². The average Bonchev–Trinajstić information content (AvgIpc) is 2.81. The van der Waals surface area contributed by atoms with Gasteiger partial charge < -0.3 is 15.1 Å². The van der Waals surface area contributed by atoms with Gasteiger partial charge in [-0.2, -0.15) is 0 Å². The van der Waals surface area contributed by atoms with Crippen molar-refractivity contribution < 1.29 is 9.59 Å². The summed E-state index contributed by atoms with van der Waals surface area (Å²) in [5, 5.41) is 2.88. The minimum absolute atomic E-state index is 0.0960. The third-order valence-corrected chi connectivity index (χ3v) is 5.84. The Hall–Kier alpha value is -3.26. The fourth-order valence-corrected chi connectivity index (χ4v) is 3.91. The number of nitrogens with zero attached hydrogens (tertiary/aromatic N) is 4. The first-order valence-electron chi connectivity index (χ1n) is 10.0. The smallest absolute Gasteiger partial charge is 0.256 e. The minimum Gasteiger partial charge on any atom is -0.339 e. The summed E-state index contributed by atoms with van der Waals surface area (Å²) in [6.45, 7) is 2.74. The number of hydrogen-bond acceptors (Lipinski definition) is 5. The Labute approximate surface area is 189 Å². The third-order valence-electron chi connectivity index (χ3n) is 5.15. The van der Waals surface area contributed by atoms with Crippen molar-refractivity contribution in [3.63, 3.8) is 0 Å². The molecule has 2 aromatic carbocycles. The minimum atomic E-state index is -0.184. The molecule has 1 N–H and O–H groups in total. The standard InChI is InChI=1S/C23H22BrN5O2/c24-20-5-2-1-4-19(20)22(31)27-18-8-6-17(7-9-18)16-21(30)28-12-14-29(15-13-28)23-25-10-3-11-26-23/h1-11H,12-16H2,(H,27,31). The number of carbonyl (C=O) groups excluding carboxylic acids is 2. The molecule has 0 radical (unpaired) electrons. The van der Waals surface area contributed by atoms with Crippen LogP contribution in [0.25, 0.3) is 0 Å². The van der Waals surface area contributed by atoms with E-state index in [4.69, 9.17) is 0 Å². The van der Waals surface area contributed by atoms with E-state index in [-0.39, 0.29) is 11.8 Å². The number of nitrogens with one attached hydrogen (secondary N) is 1. The number of anilines is 2. The molecule has 0 bridgehead atoms. The topological polar surface area (TPSA) is 78.4 Å². The van der Waals surface area contributed by atoms with Crippen molar-refractivity contribution in [2.75, 3.05) is 36.4 Å². The van der Waals surface area contributed by atoms with Crippen LogP contribution in [0, 0.1) is 0 Å². The van der Waals surface area contributed by atoms with Gasteiger partial charge in [-0.3, -0.25) is 9.59 Å². The van der Waals surface area contributed by atoms with Gasteiger partial charge in [0.25, 0.3) is 5.91 Å². The van der Waals surface area contributed by atoms with E-state index >= 15 is 0 Å². The van der Waals surface area contributed by atoms with Crippen LogP contribution >= 0.6 is 15.9 Å². The second-order valence-electron chi connectivity index (χ2n) is 7.22. The quantitative estimate of drug-likeness (QED) is 0.606. The molecule has 31 heavy (non-hydrogen) atoms. The molecule has 1 aliphatic heterocycles. The lowest BCUT2D eigenvalue weighted by atomic mass is 10.1. The van der Waals surface area contributed by atoms with E-state index in [0.29, 0.717) is 36.7 Å². The molecule has 1 aliphatic rings. The third kappa shape index (κ3) is 5.27. The highest BCUT2D eigenvalue weighted by molar-refractivity contribution is 9.10. The normalized spacial score (nSPS) is 13.7. The van der Waals surface area contributed by atoms with E-state index in [9.17, 15) is 9.59 Å². The van der Waals surface area contributed by atoms with Crippen molar-refractivity contribution in [2.45, 2.75) is 6.42 Å². The molecule has 4 rings (SSSR count). The summed E-state index contributed by atoms with van der Waals surface area (Å²) < 4.78 is 0.744. The Balaban J connectivity index is 1.29. The van der Waals surface area contributed by atoms with E-state index in [1.54, 1.807) is 24.5 Å². The summed E-state index contributed by atoms with van der Waals surface area (Å²) >= 11 is 3.39. The second kappa shape index (κ2) is 9.70. The summed E-state index contributed by atoms with van der Waals surface area (Å²) in [6, 6.07) is 16.5. The van der Waals surface area contributed by atoms with Crippen molar-refractivity contribution in [1.29, 1.82) is 0 Å². The Bertz CT molecular complexity index is 1050. The molecule has 0 aliphatic carbocycles. The lowest BCUT2D eigenvalue weighted by molar-refractivity contribution is -0.130.